The summed E-state index contributed by atoms with van der Waals surface area (Å²) in [4.78, 5) is 14.5. The fourth-order valence-electron chi connectivity index (χ4n) is 3.30. The van der Waals surface area contributed by atoms with Gasteiger partial charge < -0.3 is 9.64 Å². The first kappa shape index (κ1) is 20.8. The van der Waals surface area contributed by atoms with Crippen molar-refractivity contribution in [3.05, 3.63) is 63.9 Å². The second kappa shape index (κ2) is 9.05. The lowest BCUT2D eigenvalue weighted by Crippen LogP contribution is -2.27. The SMILES string of the molecule is COc1ccc(C)cc1CN(C)C(=O)CCn1c(-c2cccc(C)c2)n[nH]c1=S. The third-order valence-corrected chi connectivity index (χ3v) is 5.16. The van der Waals surface area contributed by atoms with Gasteiger partial charge in [-0.2, -0.15) is 5.10 Å². The van der Waals surface area contributed by atoms with Gasteiger partial charge in [-0.25, -0.2) is 0 Å². The van der Waals surface area contributed by atoms with E-state index in [1.807, 2.05) is 54.8 Å². The highest BCUT2D eigenvalue weighted by Gasteiger charge is 2.15. The van der Waals surface area contributed by atoms with Crippen molar-refractivity contribution < 1.29 is 9.53 Å². The predicted octanol–water partition coefficient (Wildman–Crippen LogP) is 4.28. The molecule has 7 heteroatoms. The van der Waals surface area contributed by atoms with Gasteiger partial charge in [-0.1, -0.05) is 41.5 Å². The van der Waals surface area contributed by atoms with E-state index in [0.29, 0.717) is 24.3 Å². The standard InChI is InChI=1S/C22H26N4O2S/c1-15-6-5-7-17(12-15)21-23-24-22(29)26(21)11-10-20(27)25(3)14-18-13-16(2)8-9-19(18)28-4/h5-9,12-13H,10-11,14H2,1-4H3,(H,24,29). The summed E-state index contributed by atoms with van der Waals surface area (Å²) in [6.45, 7) is 5.02. The molecule has 0 bridgehead atoms. The number of amides is 1. The van der Waals surface area contributed by atoms with Crippen LogP contribution in [0.25, 0.3) is 11.4 Å². The third kappa shape index (κ3) is 4.92. The summed E-state index contributed by atoms with van der Waals surface area (Å²) < 4.78 is 7.81. The molecular formula is C22H26N4O2S. The highest BCUT2D eigenvalue weighted by atomic mass is 32.1. The highest BCUT2D eigenvalue weighted by Crippen LogP contribution is 2.22. The van der Waals surface area contributed by atoms with Gasteiger partial charge >= 0.3 is 0 Å². The molecule has 3 aromatic rings. The zero-order valence-corrected chi connectivity index (χ0v) is 18.0. The molecule has 0 radical (unpaired) electrons. The molecule has 0 saturated heterocycles. The fraction of sp³-hybridized carbons (Fsp3) is 0.318. The van der Waals surface area contributed by atoms with E-state index in [1.54, 1.807) is 19.1 Å². The Morgan fingerprint density at radius 1 is 1.21 bits per heavy atom. The molecule has 1 heterocycles. The molecule has 152 valence electrons. The van der Waals surface area contributed by atoms with Crippen LogP contribution in [0.15, 0.2) is 42.5 Å². The number of nitrogens with one attached hydrogen (secondary N) is 1. The fourth-order valence-corrected chi connectivity index (χ4v) is 3.53. The number of H-pyrrole nitrogens is 1. The van der Waals surface area contributed by atoms with Crippen molar-refractivity contribution in [3.8, 4) is 17.1 Å². The van der Waals surface area contributed by atoms with Crippen molar-refractivity contribution in [2.24, 2.45) is 0 Å². The molecule has 0 aliphatic heterocycles. The molecule has 0 spiro atoms. The van der Waals surface area contributed by atoms with Gasteiger partial charge in [0.1, 0.15) is 5.75 Å². The van der Waals surface area contributed by atoms with Gasteiger partial charge in [0.25, 0.3) is 0 Å². The normalized spacial score (nSPS) is 10.8. The second-order valence-corrected chi connectivity index (χ2v) is 7.58. The molecule has 6 nitrogen and oxygen atoms in total. The van der Waals surface area contributed by atoms with Crippen LogP contribution in [0.2, 0.25) is 0 Å². The third-order valence-electron chi connectivity index (χ3n) is 4.85. The van der Waals surface area contributed by atoms with Gasteiger partial charge in [0.05, 0.1) is 7.11 Å². The van der Waals surface area contributed by atoms with E-state index in [0.717, 1.165) is 33.8 Å². The summed E-state index contributed by atoms with van der Waals surface area (Å²) in [6, 6.07) is 14.0. The molecule has 0 aliphatic rings. The Balaban J connectivity index is 1.71. The minimum absolute atomic E-state index is 0.0341. The van der Waals surface area contributed by atoms with Crippen LogP contribution in [0.3, 0.4) is 0 Å². The number of methoxy groups -OCH3 is 1. The Morgan fingerprint density at radius 2 is 1.97 bits per heavy atom. The Labute approximate surface area is 176 Å². The predicted molar refractivity (Wildman–Crippen MR) is 116 cm³/mol. The largest absolute Gasteiger partial charge is 0.496 e. The number of hydrogen-bond acceptors (Lipinski definition) is 4. The van der Waals surface area contributed by atoms with Crippen LogP contribution in [0, 0.1) is 18.6 Å². The topological polar surface area (TPSA) is 63.1 Å². The van der Waals surface area contributed by atoms with Gasteiger partial charge in [-0.15, -0.1) is 0 Å². The van der Waals surface area contributed by atoms with Gasteiger partial charge in [0.2, 0.25) is 5.91 Å². The number of benzene rings is 2. The number of carbonyl (C=O) groups excluding carboxylic acids is 1. The second-order valence-electron chi connectivity index (χ2n) is 7.19. The molecule has 0 saturated carbocycles. The van der Waals surface area contributed by atoms with Crippen LogP contribution in [0.1, 0.15) is 23.1 Å². The van der Waals surface area contributed by atoms with Crippen LogP contribution in [-0.2, 0) is 17.9 Å². The monoisotopic (exact) mass is 410 g/mol. The zero-order valence-electron chi connectivity index (χ0n) is 17.2. The van der Waals surface area contributed by atoms with E-state index >= 15 is 0 Å². The van der Waals surface area contributed by atoms with Crippen molar-refractivity contribution in [2.75, 3.05) is 14.2 Å². The Hall–Kier alpha value is -2.93. The quantitative estimate of drug-likeness (QED) is 0.591. The summed E-state index contributed by atoms with van der Waals surface area (Å²) in [5, 5.41) is 7.20. The van der Waals surface area contributed by atoms with Gasteiger partial charge in [0, 0.05) is 37.7 Å². The summed E-state index contributed by atoms with van der Waals surface area (Å²) in [5.41, 5.74) is 4.24. The van der Waals surface area contributed by atoms with E-state index in [1.165, 1.54) is 0 Å². The molecule has 1 N–H and O–H groups in total. The Bertz CT molecular complexity index is 1070. The smallest absolute Gasteiger partial charge is 0.224 e. The molecule has 3 rings (SSSR count). The number of nitrogens with zero attached hydrogens (tertiary/aromatic N) is 3. The lowest BCUT2D eigenvalue weighted by Gasteiger charge is -2.19. The zero-order chi connectivity index (χ0) is 21.0. The van der Waals surface area contributed by atoms with E-state index in [-0.39, 0.29) is 5.91 Å². The molecule has 1 amide bonds. The number of aryl methyl sites for hydroxylation is 2. The van der Waals surface area contributed by atoms with Gasteiger partial charge in [0.15, 0.2) is 10.6 Å². The number of ether oxygens (including phenoxy) is 1. The lowest BCUT2D eigenvalue weighted by atomic mass is 10.1. The number of hydrogen-bond donors (Lipinski definition) is 1. The number of rotatable bonds is 7. The van der Waals surface area contributed by atoms with Crippen molar-refractivity contribution in [3.63, 3.8) is 0 Å². The van der Waals surface area contributed by atoms with Crippen LogP contribution in [0.4, 0.5) is 0 Å². The minimum Gasteiger partial charge on any atom is -0.496 e. The van der Waals surface area contributed by atoms with E-state index in [9.17, 15) is 4.79 Å². The van der Waals surface area contributed by atoms with E-state index in [4.69, 9.17) is 17.0 Å². The van der Waals surface area contributed by atoms with Crippen molar-refractivity contribution in [1.82, 2.24) is 19.7 Å². The molecule has 1 aromatic heterocycles. The first-order valence-electron chi connectivity index (χ1n) is 9.48. The summed E-state index contributed by atoms with van der Waals surface area (Å²) in [6.07, 6.45) is 0.331. The van der Waals surface area contributed by atoms with E-state index in [2.05, 4.69) is 16.3 Å². The van der Waals surface area contributed by atoms with Crippen LogP contribution >= 0.6 is 12.2 Å². The van der Waals surface area contributed by atoms with Crippen molar-refractivity contribution >= 4 is 18.1 Å². The average molecular weight is 411 g/mol. The molecule has 0 fully saturated rings. The first-order valence-corrected chi connectivity index (χ1v) is 9.89. The molecule has 0 atom stereocenters. The molecular weight excluding hydrogens is 384 g/mol. The maximum absolute atomic E-state index is 12.7. The number of aromatic amines is 1. The number of carbonyl (C=O) groups is 1. The van der Waals surface area contributed by atoms with Crippen molar-refractivity contribution in [1.29, 1.82) is 0 Å². The van der Waals surface area contributed by atoms with Gasteiger partial charge in [-0.3, -0.25) is 14.5 Å². The lowest BCUT2D eigenvalue weighted by molar-refractivity contribution is -0.130. The Morgan fingerprint density at radius 3 is 2.69 bits per heavy atom. The van der Waals surface area contributed by atoms with Crippen molar-refractivity contribution in [2.45, 2.75) is 33.4 Å². The molecule has 29 heavy (non-hydrogen) atoms. The summed E-state index contributed by atoms with van der Waals surface area (Å²) in [5.74, 6) is 1.57. The van der Waals surface area contributed by atoms with E-state index < -0.39 is 0 Å². The maximum atomic E-state index is 12.7. The van der Waals surface area contributed by atoms with Gasteiger partial charge in [-0.05, 0) is 38.2 Å². The first-order chi connectivity index (χ1) is 13.9. The number of aromatic nitrogens is 3. The summed E-state index contributed by atoms with van der Waals surface area (Å²) >= 11 is 5.38. The van der Waals surface area contributed by atoms with Crippen LogP contribution < -0.4 is 4.74 Å². The molecule has 0 aliphatic carbocycles. The summed E-state index contributed by atoms with van der Waals surface area (Å²) in [7, 11) is 3.45. The molecule has 2 aromatic carbocycles. The molecule has 0 unspecified atom stereocenters. The minimum atomic E-state index is 0.0341. The van der Waals surface area contributed by atoms with Crippen LogP contribution in [0.5, 0.6) is 5.75 Å². The Kier molecular flexibility index (Phi) is 6.49. The highest BCUT2D eigenvalue weighted by molar-refractivity contribution is 7.71. The maximum Gasteiger partial charge on any atom is 0.224 e. The average Bonchev–Trinajstić information content (AvgIpc) is 3.06. The van der Waals surface area contributed by atoms with Crippen LogP contribution in [-0.4, -0.2) is 39.7 Å².